The van der Waals surface area contributed by atoms with Gasteiger partial charge in [-0.25, -0.2) is 0 Å². The summed E-state index contributed by atoms with van der Waals surface area (Å²) in [6.07, 6.45) is 2.66. The molecule has 0 aliphatic carbocycles. The van der Waals surface area contributed by atoms with Gasteiger partial charge in [0.25, 0.3) is 0 Å². The third kappa shape index (κ3) is 5.14. The van der Waals surface area contributed by atoms with Crippen LogP contribution in [-0.2, 0) is 9.53 Å². The lowest BCUT2D eigenvalue weighted by atomic mass is 10.0. The van der Waals surface area contributed by atoms with Crippen molar-refractivity contribution >= 4 is 5.91 Å². The molecule has 1 rings (SSSR count). The van der Waals surface area contributed by atoms with Gasteiger partial charge in [0.05, 0.1) is 0 Å². The van der Waals surface area contributed by atoms with Gasteiger partial charge >= 0.3 is 0 Å². The maximum atomic E-state index is 11.6. The van der Waals surface area contributed by atoms with Crippen LogP contribution in [0.3, 0.4) is 0 Å². The number of hydrogen-bond donors (Lipinski definition) is 2. The van der Waals surface area contributed by atoms with Gasteiger partial charge in [0.2, 0.25) is 5.91 Å². The van der Waals surface area contributed by atoms with E-state index in [0.29, 0.717) is 18.9 Å². The molecule has 2 atom stereocenters. The molecule has 0 saturated carbocycles. The molecule has 2 N–H and O–H groups in total. The quantitative estimate of drug-likeness (QED) is 0.678. The molecule has 1 saturated heterocycles. The van der Waals surface area contributed by atoms with E-state index in [2.05, 4.69) is 10.6 Å². The standard InChI is InChI=1S/C11H22N2O2/c1-9(4-6-15-2)13-11(14)7-10-3-5-12-8-10/h9-10,12H,3-8H2,1-2H3,(H,13,14). The average molecular weight is 214 g/mol. The van der Waals surface area contributed by atoms with Gasteiger partial charge in [-0.05, 0) is 38.8 Å². The SMILES string of the molecule is COCCC(C)NC(=O)CC1CCNC1. The van der Waals surface area contributed by atoms with Crippen LogP contribution < -0.4 is 10.6 Å². The minimum absolute atomic E-state index is 0.173. The van der Waals surface area contributed by atoms with Gasteiger partial charge in [-0.2, -0.15) is 0 Å². The Bertz CT molecular complexity index is 191. The van der Waals surface area contributed by atoms with Gasteiger partial charge in [-0.3, -0.25) is 4.79 Å². The molecule has 1 fully saturated rings. The summed E-state index contributed by atoms with van der Waals surface area (Å²) in [4.78, 5) is 11.6. The Morgan fingerprint density at radius 1 is 1.67 bits per heavy atom. The second kappa shape index (κ2) is 6.80. The van der Waals surface area contributed by atoms with Crippen LogP contribution in [0.5, 0.6) is 0 Å². The zero-order valence-corrected chi connectivity index (χ0v) is 9.71. The number of methoxy groups -OCH3 is 1. The summed E-state index contributed by atoms with van der Waals surface area (Å²) in [6.45, 7) is 4.76. The fourth-order valence-corrected chi connectivity index (χ4v) is 1.85. The van der Waals surface area contributed by atoms with Crippen LogP contribution >= 0.6 is 0 Å². The summed E-state index contributed by atoms with van der Waals surface area (Å²) < 4.78 is 4.97. The van der Waals surface area contributed by atoms with Gasteiger partial charge in [-0.15, -0.1) is 0 Å². The van der Waals surface area contributed by atoms with Gasteiger partial charge < -0.3 is 15.4 Å². The molecule has 1 amide bonds. The van der Waals surface area contributed by atoms with E-state index in [0.717, 1.165) is 25.9 Å². The van der Waals surface area contributed by atoms with E-state index in [9.17, 15) is 4.79 Å². The molecule has 0 aromatic heterocycles. The van der Waals surface area contributed by atoms with Crippen LogP contribution in [0.4, 0.5) is 0 Å². The first kappa shape index (κ1) is 12.5. The van der Waals surface area contributed by atoms with E-state index in [-0.39, 0.29) is 11.9 Å². The van der Waals surface area contributed by atoms with Crippen LogP contribution in [0.2, 0.25) is 0 Å². The summed E-state index contributed by atoms with van der Waals surface area (Å²) in [7, 11) is 1.68. The summed E-state index contributed by atoms with van der Waals surface area (Å²) in [5, 5.41) is 6.26. The Labute approximate surface area is 91.8 Å². The Hall–Kier alpha value is -0.610. The monoisotopic (exact) mass is 214 g/mol. The predicted octanol–water partition coefficient (Wildman–Crippen LogP) is 0.527. The molecule has 88 valence electrons. The maximum Gasteiger partial charge on any atom is 0.220 e. The van der Waals surface area contributed by atoms with Crippen molar-refractivity contribution in [2.75, 3.05) is 26.8 Å². The lowest BCUT2D eigenvalue weighted by molar-refractivity contribution is -0.122. The smallest absolute Gasteiger partial charge is 0.220 e. The molecule has 0 spiro atoms. The molecule has 2 unspecified atom stereocenters. The number of carbonyl (C=O) groups excluding carboxylic acids is 1. The molecule has 4 nitrogen and oxygen atoms in total. The predicted molar refractivity (Wildman–Crippen MR) is 59.7 cm³/mol. The van der Waals surface area contributed by atoms with Crippen LogP contribution in [0, 0.1) is 5.92 Å². The highest BCUT2D eigenvalue weighted by atomic mass is 16.5. The molecule has 1 aliphatic heterocycles. The Morgan fingerprint density at radius 2 is 2.47 bits per heavy atom. The largest absolute Gasteiger partial charge is 0.385 e. The fourth-order valence-electron chi connectivity index (χ4n) is 1.85. The molecule has 15 heavy (non-hydrogen) atoms. The second-order valence-corrected chi connectivity index (χ2v) is 4.31. The molecule has 1 heterocycles. The summed E-state index contributed by atoms with van der Waals surface area (Å²) >= 11 is 0. The van der Waals surface area contributed by atoms with Crippen molar-refractivity contribution in [3.05, 3.63) is 0 Å². The topological polar surface area (TPSA) is 50.4 Å². The minimum atomic E-state index is 0.173. The van der Waals surface area contributed by atoms with Crippen molar-refractivity contribution in [3.8, 4) is 0 Å². The van der Waals surface area contributed by atoms with Crippen molar-refractivity contribution in [2.24, 2.45) is 5.92 Å². The highest BCUT2D eigenvalue weighted by Crippen LogP contribution is 2.11. The third-order valence-electron chi connectivity index (χ3n) is 2.80. The highest BCUT2D eigenvalue weighted by molar-refractivity contribution is 5.76. The maximum absolute atomic E-state index is 11.6. The first-order valence-corrected chi connectivity index (χ1v) is 5.71. The number of ether oxygens (including phenoxy) is 1. The van der Waals surface area contributed by atoms with Crippen molar-refractivity contribution in [1.29, 1.82) is 0 Å². The molecule has 0 aromatic carbocycles. The zero-order chi connectivity index (χ0) is 11.1. The Balaban J connectivity index is 2.11. The molecule has 4 heteroatoms. The lowest BCUT2D eigenvalue weighted by Crippen LogP contribution is -2.34. The number of rotatable bonds is 6. The highest BCUT2D eigenvalue weighted by Gasteiger charge is 2.18. The first-order valence-electron chi connectivity index (χ1n) is 5.71. The number of nitrogens with one attached hydrogen (secondary N) is 2. The molecule has 1 aliphatic rings. The van der Waals surface area contributed by atoms with Crippen LogP contribution in [0.25, 0.3) is 0 Å². The third-order valence-corrected chi connectivity index (χ3v) is 2.80. The normalized spacial score (nSPS) is 22.7. The van der Waals surface area contributed by atoms with Crippen LogP contribution in [0.1, 0.15) is 26.2 Å². The van der Waals surface area contributed by atoms with E-state index < -0.39 is 0 Å². The summed E-state index contributed by atoms with van der Waals surface area (Å²) in [6, 6.07) is 0.215. The second-order valence-electron chi connectivity index (χ2n) is 4.31. The Kier molecular flexibility index (Phi) is 5.65. The molecular formula is C11H22N2O2. The van der Waals surface area contributed by atoms with Crippen molar-refractivity contribution in [3.63, 3.8) is 0 Å². The summed E-state index contributed by atoms with van der Waals surface area (Å²) in [5.41, 5.74) is 0. The number of amides is 1. The van der Waals surface area contributed by atoms with Crippen LogP contribution in [-0.4, -0.2) is 38.8 Å². The van der Waals surface area contributed by atoms with E-state index in [1.807, 2.05) is 6.92 Å². The lowest BCUT2D eigenvalue weighted by Gasteiger charge is -2.15. The van der Waals surface area contributed by atoms with E-state index in [4.69, 9.17) is 4.74 Å². The van der Waals surface area contributed by atoms with Crippen LogP contribution in [0.15, 0.2) is 0 Å². The van der Waals surface area contributed by atoms with Gasteiger partial charge in [-0.1, -0.05) is 0 Å². The first-order chi connectivity index (χ1) is 7.22. The van der Waals surface area contributed by atoms with Crippen molar-refractivity contribution in [2.45, 2.75) is 32.2 Å². The van der Waals surface area contributed by atoms with Gasteiger partial charge in [0, 0.05) is 26.2 Å². The Morgan fingerprint density at radius 3 is 3.07 bits per heavy atom. The zero-order valence-electron chi connectivity index (χ0n) is 9.71. The molecule has 0 aromatic rings. The molecule has 0 bridgehead atoms. The van der Waals surface area contributed by atoms with E-state index in [1.165, 1.54) is 0 Å². The fraction of sp³-hybridized carbons (Fsp3) is 0.909. The molecule has 0 radical (unpaired) electrons. The summed E-state index contributed by atoms with van der Waals surface area (Å²) in [5.74, 6) is 0.701. The minimum Gasteiger partial charge on any atom is -0.385 e. The van der Waals surface area contributed by atoms with Crippen molar-refractivity contribution < 1.29 is 9.53 Å². The molecular weight excluding hydrogens is 192 g/mol. The number of carbonyl (C=O) groups is 1. The average Bonchev–Trinajstić information content (AvgIpc) is 2.67. The number of hydrogen-bond acceptors (Lipinski definition) is 3. The van der Waals surface area contributed by atoms with Gasteiger partial charge in [0.1, 0.15) is 0 Å². The van der Waals surface area contributed by atoms with Crippen molar-refractivity contribution in [1.82, 2.24) is 10.6 Å². The van der Waals surface area contributed by atoms with E-state index >= 15 is 0 Å². The van der Waals surface area contributed by atoms with Gasteiger partial charge in [0.15, 0.2) is 0 Å². The van der Waals surface area contributed by atoms with E-state index in [1.54, 1.807) is 7.11 Å².